The van der Waals surface area contributed by atoms with Gasteiger partial charge in [0.1, 0.15) is 0 Å². The highest BCUT2D eigenvalue weighted by atomic mass is 32.1. The molecule has 0 saturated heterocycles. The molecule has 0 aromatic heterocycles. The average molecular weight is 259 g/mol. The summed E-state index contributed by atoms with van der Waals surface area (Å²) in [5, 5.41) is 13.9. The minimum atomic E-state index is -4.57. The Hall–Kier alpha value is -1.81. The van der Waals surface area contributed by atoms with Crippen LogP contribution < -0.4 is 10.6 Å². The highest BCUT2D eigenvalue weighted by Gasteiger charge is 2.33. The predicted octanol–water partition coefficient (Wildman–Crippen LogP) is 2.49. The zero-order valence-corrected chi connectivity index (χ0v) is 9.54. The third kappa shape index (κ3) is 3.32. The Morgan fingerprint density at radius 3 is 2.53 bits per heavy atom. The number of benzene rings is 1. The van der Waals surface area contributed by atoms with E-state index >= 15 is 0 Å². The van der Waals surface area contributed by atoms with Gasteiger partial charge in [0.05, 0.1) is 17.2 Å². The zero-order valence-electron chi connectivity index (χ0n) is 8.72. The summed E-state index contributed by atoms with van der Waals surface area (Å²) >= 11 is 4.77. The number of hydrogen-bond acceptors (Lipinski definition) is 2. The van der Waals surface area contributed by atoms with Crippen LogP contribution in [0.15, 0.2) is 18.2 Å². The first-order valence-corrected chi connectivity index (χ1v) is 4.89. The summed E-state index contributed by atoms with van der Waals surface area (Å²) in [7, 11) is 1.55. The van der Waals surface area contributed by atoms with Crippen molar-refractivity contribution in [1.29, 1.82) is 5.26 Å². The van der Waals surface area contributed by atoms with Crippen molar-refractivity contribution in [3.05, 3.63) is 29.3 Å². The van der Waals surface area contributed by atoms with Crippen molar-refractivity contribution >= 4 is 23.0 Å². The standard InChI is InChI=1S/C10H8F3N3S/c1-15-9(17)16-7-3-2-6(5-14)8(4-7)10(11,12)13/h2-4H,1H3,(H2,15,16,17). The second-order valence-electron chi connectivity index (χ2n) is 3.07. The largest absolute Gasteiger partial charge is 0.417 e. The summed E-state index contributed by atoms with van der Waals surface area (Å²) in [4.78, 5) is 0. The lowest BCUT2D eigenvalue weighted by Gasteiger charge is -2.12. The topological polar surface area (TPSA) is 47.8 Å². The van der Waals surface area contributed by atoms with Gasteiger partial charge in [0, 0.05) is 12.7 Å². The first-order valence-electron chi connectivity index (χ1n) is 4.48. The van der Waals surface area contributed by atoms with Crippen molar-refractivity contribution in [2.24, 2.45) is 0 Å². The molecule has 0 saturated carbocycles. The number of nitrogens with one attached hydrogen (secondary N) is 2. The maximum absolute atomic E-state index is 12.6. The molecule has 0 radical (unpaired) electrons. The molecule has 0 unspecified atom stereocenters. The van der Waals surface area contributed by atoms with Crippen molar-refractivity contribution in [2.45, 2.75) is 6.18 Å². The molecule has 2 N–H and O–H groups in total. The summed E-state index contributed by atoms with van der Waals surface area (Å²) in [6, 6.07) is 4.81. The fourth-order valence-corrected chi connectivity index (χ4v) is 1.27. The lowest BCUT2D eigenvalue weighted by molar-refractivity contribution is -0.137. The highest BCUT2D eigenvalue weighted by molar-refractivity contribution is 7.80. The van der Waals surface area contributed by atoms with Gasteiger partial charge in [0.15, 0.2) is 5.11 Å². The minimum Gasteiger partial charge on any atom is -0.366 e. The first kappa shape index (κ1) is 13.3. The van der Waals surface area contributed by atoms with E-state index in [0.29, 0.717) is 0 Å². The lowest BCUT2D eigenvalue weighted by Crippen LogP contribution is -2.24. The molecule has 1 aromatic rings. The van der Waals surface area contributed by atoms with Crippen molar-refractivity contribution in [1.82, 2.24) is 5.32 Å². The van der Waals surface area contributed by atoms with Gasteiger partial charge in [-0.2, -0.15) is 18.4 Å². The molecule has 17 heavy (non-hydrogen) atoms. The normalized spacial score (nSPS) is 10.5. The van der Waals surface area contributed by atoms with Gasteiger partial charge in [-0.3, -0.25) is 0 Å². The number of rotatable bonds is 1. The van der Waals surface area contributed by atoms with E-state index in [4.69, 9.17) is 17.5 Å². The third-order valence-electron chi connectivity index (χ3n) is 1.93. The SMILES string of the molecule is CNC(=S)Nc1ccc(C#N)c(C(F)(F)F)c1. The molecule has 0 spiro atoms. The Bertz CT molecular complexity index is 477. The number of alkyl halides is 3. The quantitative estimate of drug-likeness (QED) is 0.761. The Morgan fingerprint density at radius 1 is 1.41 bits per heavy atom. The van der Waals surface area contributed by atoms with Gasteiger partial charge >= 0.3 is 6.18 Å². The summed E-state index contributed by atoms with van der Waals surface area (Å²) in [5.41, 5.74) is -1.22. The van der Waals surface area contributed by atoms with Crippen LogP contribution >= 0.6 is 12.2 Å². The Kier molecular flexibility index (Phi) is 3.91. The number of anilines is 1. The molecule has 7 heteroatoms. The fourth-order valence-electron chi connectivity index (χ4n) is 1.15. The van der Waals surface area contributed by atoms with E-state index < -0.39 is 17.3 Å². The number of hydrogen-bond donors (Lipinski definition) is 2. The second kappa shape index (κ2) is 5.01. The van der Waals surface area contributed by atoms with Crippen LogP contribution in [0.2, 0.25) is 0 Å². The van der Waals surface area contributed by atoms with Crippen LogP contribution in [0.1, 0.15) is 11.1 Å². The monoisotopic (exact) mass is 259 g/mol. The minimum absolute atomic E-state index is 0.177. The summed E-state index contributed by atoms with van der Waals surface area (Å²) in [5.74, 6) is 0. The molecule has 0 aliphatic rings. The molecule has 0 heterocycles. The second-order valence-corrected chi connectivity index (χ2v) is 3.48. The molecule has 1 aromatic carbocycles. The predicted molar refractivity (Wildman–Crippen MR) is 61.4 cm³/mol. The summed E-state index contributed by atoms with van der Waals surface area (Å²) in [6.45, 7) is 0. The summed E-state index contributed by atoms with van der Waals surface area (Å²) < 4.78 is 37.8. The number of thiocarbonyl (C=S) groups is 1. The van der Waals surface area contributed by atoms with E-state index in [2.05, 4.69) is 10.6 Å². The van der Waals surface area contributed by atoms with Gasteiger partial charge < -0.3 is 10.6 Å². The Morgan fingerprint density at radius 2 is 2.06 bits per heavy atom. The molecule has 3 nitrogen and oxygen atoms in total. The molecule has 1 rings (SSSR count). The van der Waals surface area contributed by atoms with Crippen LogP contribution in [0.4, 0.5) is 18.9 Å². The van der Waals surface area contributed by atoms with Gasteiger partial charge in [-0.05, 0) is 30.4 Å². The van der Waals surface area contributed by atoms with Gasteiger partial charge in [-0.25, -0.2) is 0 Å². The van der Waals surface area contributed by atoms with Crippen LogP contribution in [0.5, 0.6) is 0 Å². The molecule has 0 aliphatic carbocycles. The van der Waals surface area contributed by atoms with E-state index in [-0.39, 0.29) is 10.8 Å². The van der Waals surface area contributed by atoms with Crippen molar-refractivity contribution in [3.63, 3.8) is 0 Å². The first-order chi connectivity index (χ1) is 7.88. The van der Waals surface area contributed by atoms with Crippen LogP contribution in [0.25, 0.3) is 0 Å². The molecule has 0 bridgehead atoms. The Balaban J connectivity index is 3.15. The molecule has 0 fully saturated rings. The van der Waals surface area contributed by atoms with Gasteiger partial charge in [-0.15, -0.1) is 0 Å². The maximum Gasteiger partial charge on any atom is 0.417 e. The fraction of sp³-hybridized carbons (Fsp3) is 0.200. The van der Waals surface area contributed by atoms with Gasteiger partial charge in [0.2, 0.25) is 0 Å². The lowest BCUT2D eigenvalue weighted by atomic mass is 10.1. The summed E-state index contributed by atoms with van der Waals surface area (Å²) in [6.07, 6.45) is -4.57. The molecular formula is C10H8F3N3S. The van der Waals surface area contributed by atoms with Crippen LogP contribution in [0, 0.1) is 11.3 Å². The molecular weight excluding hydrogens is 251 g/mol. The van der Waals surface area contributed by atoms with Crippen LogP contribution in [0.3, 0.4) is 0 Å². The van der Waals surface area contributed by atoms with Gasteiger partial charge in [0.25, 0.3) is 0 Å². The Labute approximate surface area is 101 Å². The van der Waals surface area contributed by atoms with E-state index in [0.717, 1.165) is 12.1 Å². The average Bonchev–Trinajstić information content (AvgIpc) is 2.27. The number of nitrogens with zero attached hydrogens (tertiary/aromatic N) is 1. The van der Waals surface area contributed by atoms with Crippen molar-refractivity contribution in [3.8, 4) is 6.07 Å². The van der Waals surface area contributed by atoms with Gasteiger partial charge in [-0.1, -0.05) is 0 Å². The number of nitriles is 1. The van der Waals surface area contributed by atoms with Crippen molar-refractivity contribution < 1.29 is 13.2 Å². The van der Waals surface area contributed by atoms with Crippen LogP contribution in [-0.2, 0) is 6.18 Å². The smallest absolute Gasteiger partial charge is 0.366 e. The molecule has 0 amide bonds. The zero-order chi connectivity index (χ0) is 13.1. The number of halogens is 3. The molecule has 0 aliphatic heterocycles. The highest BCUT2D eigenvalue weighted by Crippen LogP contribution is 2.33. The maximum atomic E-state index is 12.6. The van der Waals surface area contributed by atoms with Crippen molar-refractivity contribution in [2.75, 3.05) is 12.4 Å². The van der Waals surface area contributed by atoms with E-state index in [1.807, 2.05) is 0 Å². The van der Waals surface area contributed by atoms with E-state index in [9.17, 15) is 13.2 Å². The third-order valence-corrected chi connectivity index (χ3v) is 2.24. The van der Waals surface area contributed by atoms with Crippen LogP contribution in [-0.4, -0.2) is 12.2 Å². The van der Waals surface area contributed by atoms with E-state index in [1.54, 1.807) is 7.05 Å². The molecule has 0 atom stereocenters. The molecule has 90 valence electrons. The van der Waals surface area contributed by atoms with E-state index in [1.165, 1.54) is 12.1 Å².